The number of methoxy groups -OCH3 is 1. The van der Waals surface area contributed by atoms with Crippen molar-refractivity contribution >= 4 is 17.7 Å². The maximum Gasteiger partial charge on any atom is 0.130 e. The summed E-state index contributed by atoms with van der Waals surface area (Å²) in [6.45, 7) is 0.0336. The molecule has 0 atom stereocenters. The number of nitrogens with one attached hydrogen (secondary N) is 2. The first-order valence-electron chi connectivity index (χ1n) is 9.82. The minimum atomic E-state index is -0.150. The lowest BCUT2D eigenvalue weighted by atomic mass is 10.0. The van der Waals surface area contributed by atoms with Crippen molar-refractivity contribution in [2.45, 2.75) is 25.9 Å². The van der Waals surface area contributed by atoms with Crippen LogP contribution in [-0.2, 0) is 13.0 Å². The number of nitrogens with zero attached hydrogens (tertiary/aromatic N) is 2. The molecule has 0 aliphatic heterocycles. The molecule has 0 fully saturated rings. The molecular weight excluding hydrogens is 380 g/mol. The quantitative estimate of drug-likeness (QED) is 0.302. The molecule has 0 unspecified atom stereocenters. The Morgan fingerprint density at radius 2 is 1.83 bits per heavy atom. The highest BCUT2D eigenvalue weighted by Gasteiger charge is 2.13. The van der Waals surface area contributed by atoms with Gasteiger partial charge in [-0.3, -0.25) is 4.98 Å². The van der Waals surface area contributed by atoms with Crippen LogP contribution in [0.5, 0.6) is 5.75 Å². The van der Waals surface area contributed by atoms with Crippen LogP contribution < -0.4 is 10.1 Å². The van der Waals surface area contributed by atoms with Crippen molar-refractivity contribution in [2.75, 3.05) is 19.0 Å². The molecule has 4 N–H and O–H groups in total. The van der Waals surface area contributed by atoms with Crippen molar-refractivity contribution in [3.63, 3.8) is 0 Å². The number of pyridine rings is 2. The smallest absolute Gasteiger partial charge is 0.130 e. The van der Waals surface area contributed by atoms with E-state index >= 15 is 0 Å². The van der Waals surface area contributed by atoms with E-state index in [-0.39, 0.29) is 13.2 Å². The Morgan fingerprint density at radius 3 is 2.57 bits per heavy atom. The van der Waals surface area contributed by atoms with E-state index in [1.807, 2.05) is 36.4 Å². The van der Waals surface area contributed by atoms with Gasteiger partial charge in [-0.05, 0) is 55.7 Å². The Hall–Kier alpha value is -3.29. The molecule has 156 valence electrons. The number of aliphatic hydroxyl groups excluding tert-OH is 2. The van der Waals surface area contributed by atoms with E-state index < -0.39 is 0 Å². The molecule has 0 amide bonds. The number of unbranched alkanes of at least 4 members (excludes halogenated alkanes) is 1. The molecular formula is C23H26N4O3. The molecule has 0 aliphatic rings. The summed E-state index contributed by atoms with van der Waals surface area (Å²) in [5.41, 5.74) is 4.42. The number of benzene rings is 1. The summed E-state index contributed by atoms with van der Waals surface area (Å²) in [7, 11) is 1.57. The molecule has 30 heavy (non-hydrogen) atoms. The Kier molecular flexibility index (Phi) is 7.48. The molecule has 7 nitrogen and oxygen atoms in total. The molecule has 3 rings (SSSR count). The van der Waals surface area contributed by atoms with E-state index in [1.165, 1.54) is 6.21 Å². The van der Waals surface area contributed by atoms with Gasteiger partial charge in [0.05, 0.1) is 36.4 Å². The summed E-state index contributed by atoms with van der Waals surface area (Å²) in [5.74, 6) is 1.12. The van der Waals surface area contributed by atoms with Gasteiger partial charge in [0, 0.05) is 24.1 Å². The third kappa shape index (κ3) is 5.20. The van der Waals surface area contributed by atoms with Gasteiger partial charge in [-0.15, -0.1) is 0 Å². The van der Waals surface area contributed by atoms with Crippen LogP contribution in [0.3, 0.4) is 0 Å². The average Bonchev–Trinajstić information content (AvgIpc) is 2.79. The van der Waals surface area contributed by atoms with Crippen molar-refractivity contribution in [3.05, 3.63) is 65.5 Å². The van der Waals surface area contributed by atoms with Crippen LogP contribution in [0.25, 0.3) is 11.3 Å². The van der Waals surface area contributed by atoms with E-state index in [0.29, 0.717) is 28.5 Å². The lowest BCUT2D eigenvalue weighted by molar-refractivity contribution is 0.277. The van der Waals surface area contributed by atoms with E-state index in [1.54, 1.807) is 19.2 Å². The zero-order valence-electron chi connectivity index (χ0n) is 16.9. The van der Waals surface area contributed by atoms with Gasteiger partial charge in [-0.1, -0.05) is 12.1 Å². The van der Waals surface area contributed by atoms with Crippen LogP contribution in [-0.4, -0.2) is 40.1 Å². The average molecular weight is 406 g/mol. The molecule has 1 aromatic carbocycles. The first-order chi connectivity index (χ1) is 14.7. The van der Waals surface area contributed by atoms with Crippen molar-refractivity contribution in [2.24, 2.45) is 0 Å². The maximum absolute atomic E-state index is 9.34. The SMILES string of the molecule is COc1cc(-c2cccc(CCCCO)n2)cc(Nc2cccc(CO)n2)c1C=N. The lowest BCUT2D eigenvalue weighted by Gasteiger charge is -2.15. The second-order valence-corrected chi connectivity index (χ2v) is 6.78. The van der Waals surface area contributed by atoms with Crippen molar-refractivity contribution in [1.29, 1.82) is 5.41 Å². The standard InChI is InChI=1S/C23H26N4O3/c1-30-22-13-16(20-9-4-7-17(25-20)6-2-3-11-28)12-21(19(22)14-24)27-23-10-5-8-18(15-29)26-23/h4-5,7-10,12-14,24,28-29H,2-3,6,11,15H2,1H3,(H,26,27). The van der Waals surface area contributed by atoms with Crippen LogP contribution in [0.1, 0.15) is 29.8 Å². The normalized spacial score (nSPS) is 10.6. The minimum absolute atomic E-state index is 0.150. The molecule has 7 heteroatoms. The summed E-state index contributed by atoms with van der Waals surface area (Å²) in [4.78, 5) is 9.11. The molecule has 0 radical (unpaired) electrons. The predicted octanol–water partition coefficient (Wildman–Crippen LogP) is 3.70. The number of hydrogen-bond donors (Lipinski definition) is 4. The van der Waals surface area contributed by atoms with E-state index in [2.05, 4.69) is 10.3 Å². The molecule has 3 aromatic rings. The summed E-state index contributed by atoms with van der Waals surface area (Å²) >= 11 is 0. The summed E-state index contributed by atoms with van der Waals surface area (Å²) < 4.78 is 5.52. The molecule has 0 saturated heterocycles. The molecule has 0 saturated carbocycles. The second kappa shape index (κ2) is 10.5. The van der Waals surface area contributed by atoms with E-state index in [9.17, 15) is 5.11 Å². The number of hydrogen-bond acceptors (Lipinski definition) is 7. The fourth-order valence-electron chi connectivity index (χ4n) is 3.17. The topological polar surface area (TPSA) is 111 Å². The van der Waals surface area contributed by atoms with Gasteiger partial charge in [0.25, 0.3) is 0 Å². The predicted molar refractivity (Wildman–Crippen MR) is 118 cm³/mol. The van der Waals surface area contributed by atoms with Crippen LogP contribution in [0.4, 0.5) is 11.5 Å². The van der Waals surface area contributed by atoms with E-state index in [0.717, 1.165) is 36.2 Å². The van der Waals surface area contributed by atoms with Crippen LogP contribution in [0, 0.1) is 5.41 Å². The first kappa shape index (κ1) is 21.4. The first-order valence-corrected chi connectivity index (χ1v) is 9.82. The van der Waals surface area contributed by atoms with E-state index in [4.69, 9.17) is 20.2 Å². The lowest BCUT2D eigenvalue weighted by Crippen LogP contribution is -2.02. The zero-order chi connectivity index (χ0) is 21.3. The highest BCUT2D eigenvalue weighted by Crippen LogP contribution is 2.33. The van der Waals surface area contributed by atoms with Gasteiger partial charge < -0.3 is 25.7 Å². The number of aliphatic hydroxyl groups is 2. The number of aryl methyl sites for hydroxylation is 1. The summed E-state index contributed by atoms with van der Waals surface area (Å²) in [5, 5.41) is 29.4. The van der Waals surface area contributed by atoms with Crippen molar-refractivity contribution in [1.82, 2.24) is 9.97 Å². The molecule has 0 bridgehead atoms. The van der Waals surface area contributed by atoms with Crippen LogP contribution in [0.15, 0.2) is 48.5 Å². The number of ether oxygens (including phenoxy) is 1. The fourth-order valence-corrected chi connectivity index (χ4v) is 3.17. The van der Waals surface area contributed by atoms with Crippen LogP contribution >= 0.6 is 0 Å². The fraction of sp³-hybridized carbons (Fsp3) is 0.261. The maximum atomic E-state index is 9.34. The summed E-state index contributed by atoms with van der Waals surface area (Å²) in [6.07, 6.45) is 3.66. The van der Waals surface area contributed by atoms with Gasteiger partial charge in [-0.25, -0.2) is 4.98 Å². The molecule has 2 heterocycles. The zero-order valence-corrected chi connectivity index (χ0v) is 16.9. The van der Waals surface area contributed by atoms with Crippen LogP contribution in [0.2, 0.25) is 0 Å². The molecule has 0 aliphatic carbocycles. The largest absolute Gasteiger partial charge is 0.496 e. The molecule has 2 aromatic heterocycles. The van der Waals surface area contributed by atoms with Crippen molar-refractivity contribution < 1.29 is 14.9 Å². The van der Waals surface area contributed by atoms with Gasteiger partial charge >= 0.3 is 0 Å². The molecule has 0 spiro atoms. The minimum Gasteiger partial charge on any atom is -0.496 e. The van der Waals surface area contributed by atoms with Gasteiger partial charge in [0.1, 0.15) is 11.6 Å². The summed E-state index contributed by atoms with van der Waals surface area (Å²) in [6, 6.07) is 15.0. The van der Waals surface area contributed by atoms with Gasteiger partial charge in [0.15, 0.2) is 0 Å². The highest BCUT2D eigenvalue weighted by atomic mass is 16.5. The number of anilines is 2. The van der Waals surface area contributed by atoms with Crippen molar-refractivity contribution in [3.8, 4) is 17.0 Å². The van der Waals surface area contributed by atoms with Gasteiger partial charge in [0.2, 0.25) is 0 Å². The highest BCUT2D eigenvalue weighted by molar-refractivity contribution is 5.93. The Bertz CT molecular complexity index is 1010. The Balaban J connectivity index is 1.99. The monoisotopic (exact) mass is 406 g/mol. The number of aromatic nitrogens is 2. The Morgan fingerprint density at radius 1 is 1.03 bits per heavy atom. The Labute approximate surface area is 175 Å². The second-order valence-electron chi connectivity index (χ2n) is 6.78. The third-order valence-corrected chi connectivity index (χ3v) is 4.68. The number of rotatable bonds is 10. The third-order valence-electron chi connectivity index (χ3n) is 4.68. The van der Waals surface area contributed by atoms with Gasteiger partial charge in [-0.2, -0.15) is 0 Å².